The predicted octanol–water partition coefficient (Wildman–Crippen LogP) is 8.14. The van der Waals surface area contributed by atoms with E-state index >= 15 is 0 Å². The van der Waals surface area contributed by atoms with E-state index in [0.29, 0.717) is 114 Å². The van der Waals surface area contributed by atoms with Gasteiger partial charge in [0.2, 0.25) is 5.78 Å². The monoisotopic (exact) mass is 905 g/mol. The van der Waals surface area contributed by atoms with E-state index in [1.165, 1.54) is 6.26 Å². The van der Waals surface area contributed by atoms with Gasteiger partial charge < -0.3 is 18.6 Å². The highest BCUT2D eigenvalue weighted by Gasteiger charge is 2.46. The first-order valence-corrected chi connectivity index (χ1v) is 23.8. The molecule has 0 unspecified atom stereocenters. The molecule has 67 heavy (non-hydrogen) atoms. The second-order valence-corrected chi connectivity index (χ2v) is 20.1. The van der Waals surface area contributed by atoms with Gasteiger partial charge in [-0.1, -0.05) is 72.8 Å². The molecule has 9 rings (SSSR count). The lowest BCUT2D eigenvalue weighted by molar-refractivity contribution is -0.00443. The predicted molar refractivity (Wildman–Crippen MR) is 257 cm³/mol. The number of Topliss-reactive ketones (excluding diaryl/α,β-unsaturated/α-hetero) is 3. The van der Waals surface area contributed by atoms with Crippen molar-refractivity contribution in [3.63, 3.8) is 0 Å². The Kier molecular flexibility index (Phi) is 13.0. The van der Waals surface area contributed by atoms with Gasteiger partial charge in [-0.2, -0.15) is 0 Å². The molecule has 5 aromatic rings. The average Bonchev–Trinajstić information content (AvgIpc) is 4.00. The minimum atomic E-state index is -0.805. The van der Waals surface area contributed by atoms with Gasteiger partial charge in [-0.25, -0.2) is 0 Å². The fourth-order valence-corrected chi connectivity index (χ4v) is 10.9. The van der Waals surface area contributed by atoms with Gasteiger partial charge >= 0.3 is 0 Å². The van der Waals surface area contributed by atoms with Gasteiger partial charge in [-0.3, -0.25) is 33.9 Å². The molecule has 0 radical (unpaired) electrons. The number of rotatable bonds is 15. The van der Waals surface area contributed by atoms with E-state index < -0.39 is 22.0 Å². The van der Waals surface area contributed by atoms with Crippen molar-refractivity contribution in [2.24, 2.45) is 0 Å². The van der Waals surface area contributed by atoms with E-state index in [9.17, 15) is 19.2 Å². The van der Waals surface area contributed by atoms with Crippen LogP contribution in [0.2, 0.25) is 0 Å². The number of morpholine rings is 3. The molecular weight excluding hydrogens is 843 g/mol. The highest BCUT2D eigenvalue weighted by atomic mass is 16.5. The van der Waals surface area contributed by atoms with Gasteiger partial charge in [-0.15, -0.1) is 0 Å². The summed E-state index contributed by atoms with van der Waals surface area (Å²) in [5.41, 5.74) is 5.24. The molecule has 3 aliphatic heterocycles. The molecule has 1 aromatic heterocycles. The Hall–Kier alpha value is -5.40. The number of ether oxygens (including phenoxy) is 3. The van der Waals surface area contributed by atoms with E-state index in [1.54, 1.807) is 12.1 Å². The topological polar surface area (TPSA) is 119 Å². The van der Waals surface area contributed by atoms with Crippen molar-refractivity contribution < 1.29 is 37.8 Å². The first-order valence-electron chi connectivity index (χ1n) is 23.8. The van der Waals surface area contributed by atoms with Gasteiger partial charge in [0.25, 0.3) is 0 Å². The van der Waals surface area contributed by atoms with Crippen molar-refractivity contribution in [2.75, 3.05) is 78.9 Å². The lowest BCUT2D eigenvalue weighted by atomic mass is 9.68. The highest BCUT2D eigenvalue weighted by molar-refractivity contribution is 6.08. The Morgan fingerprint density at radius 3 is 1.22 bits per heavy atom. The zero-order valence-electron chi connectivity index (χ0n) is 39.8. The maximum atomic E-state index is 14.8. The number of ketones is 4. The van der Waals surface area contributed by atoms with Crippen molar-refractivity contribution in [2.45, 2.75) is 76.4 Å². The fourth-order valence-electron chi connectivity index (χ4n) is 10.9. The first-order chi connectivity index (χ1) is 32.1. The molecule has 350 valence electrons. The van der Waals surface area contributed by atoms with Crippen LogP contribution in [-0.4, -0.2) is 133 Å². The first kappa shape index (κ1) is 46.7. The van der Waals surface area contributed by atoms with Gasteiger partial charge in [0.1, 0.15) is 0 Å². The standard InChI is InChI=1S/C56H63N3O8/c1-53(2,57-21-28-64-29-22-57)50(61)40-13-9-38(10-14-40)36-56(37-39-11-15-41(16-12-39)51(62)54(3,4)58-23-30-65-31-24-58)46-34-42(49(60)48-8-7-27-67-48)17-19-44(46)45-20-18-43(35-47(45)56)52(63)55(5,6)59-25-32-66-33-26-59/h7-20,27,34-35H,21-26,28-33,36-37H2,1-6H3. The number of carbonyl (C=O) groups is 4. The zero-order valence-corrected chi connectivity index (χ0v) is 39.8. The molecule has 0 bridgehead atoms. The van der Waals surface area contributed by atoms with Crippen LogP contribution >= 0.6 is 0 Å². The Morgan fingerprint density at radius 2 is 0.836 bits per heavy atom. The largest absolute Gasteiger partial charge is 0.461 e. The van der Waals surface area contributed by atoms with E-state index in [-0.39, 0.29) is 28.9 Å². The molecule has 0 saturated carbocycles. The molecular formula is C56H63N3O8. The summed E-state index contributed by atoms with van der Waals surface area (Å²) in [5.74, 6) is 0.140. The van der Waals surface area contributed by atoms with Crippen LogP contribution in [0, 0.1) is 0 Å². The van der Waals surface area contributed by atoms with Crippen molar-refractivity contribution in [1.82, 2.24) is 14.7 Å². The van der Waals surface area contributed by atoms with Gasteiger partial charge in [0.05, 0.1) is 62.5 Å². The number of benzene rings is 4. The number of furan rings is 1. The van der Waals surface area contributed by atoms with Crippen LogP contribution in [-0.2, 0) is 32.5 Å². The van der Waals surface area contributed by atoms with Crippen molar-refractivity contribution >= 4 is 23.1 Å². The molecule has 4 heterocycles. The third kappa shape index (κ3) is 8.82. The van der Waals surface area contributed by atoms with E-state index in [1.807, 2.05) is 114 Å². The summed E-state index contributed by atoms with van der Waals surface area (Å²) in [6.45, 7) is 19.6. The number of hydrogen-bond donors (Lipinski definition) is 0. The number of hydrogen-bond acceptors (Lipinski definition) is 11. The quantitative estimate of drug-likeness (QED) is 0.0948. The minimum Gasteiger partial charge on any atom is -0.461 e. The van der Waals surface area contributed by atoms with Crippen LogP contribution in [0.4, 0.5) is 0 Å². The molecule has 0 N–H and O–H groups in total. The Balaban J connectivity index is 1.16. The summed E-state index contributed by atoms with van der Waals surface area (Å²) in [4.78, 5) is 63.8. The molecule has 0 amide bonds. The van der Waals surface area contributed by atoms with Crippen LogP contribution in [0.3, 0.4) is 0 Å². The SMILES string of the molecule is CC(C)(C(=O)c1ccc(CC2(Cc3ccc(C(=O)C(C)(C)N4CCOCC4)cc3)c3cc(C(=O)c4ccco4)ccc3-c3ccc(C(=O)C(C)(C)N4CCOCC4)cc32)cc1)N1CCOCC1. The molecule has 4 aromatic carbocycles. The number of nitrogens with zero attached hydrogens (tertiary/aromatic N) is 3. The Morgan fingerprint density at radius 1 is 0.478 bits per heavy atom. The lowest BCUT2D eigenvalue weighted by Gasteiger charge is -2.40. The fraction of sp³-hybridized carbons (Fsp3) is 0.429. The number of carbonyl (C=O) groups excluding carboxylic acids is 4. The molecule has 4 aliphatic rings. The second-order valence-electron chi connectivity index (χ2n) is 20.1. The average molecular weight is 906 g/mol. The Bertz CT molecular complexity index is 2540. The summed E-state index contributed by atoms with van der Waals surface area (Å²) in [6, 6.07) is 31.3. The number of fused-ring (bicyclic) bond motifs is 3. The Labute approximate surface area is 394 Å². The van der Waals surface area contributed by atoms with Gasteiger partial charge in [-0.05, 0) is 112 Å². The van der Waals surface area contributed by atoms with Crippen molar-refractivity contribution in [3.8, 4) is 11.1 Å². The summed E-state index contributed by atoms with van der Waals surface area (Å²) >= 11 is 0. The molecule has 3 fully saturated rings. The van der Waals surface area contributed by atoms with Crippen LogP contribution in [0.25, 0.3) is 11.1 Å². The molecule has 3 saturated heterocycles. The molecule has 0 spiro atoms. The van der Waals surface area contributed by atoms with E-state index in [0.717, 1.165) is 33.4 Å². The molecule has 0 atom stereocenters. The maximum absolute atomic E-state index is 14.8. The molecule has 11 nitrogen and oxygen atoms in total. The second kappa shape index (κ2) is 18.6. The van der Waals surface area contributed by atoms with E-state index in [4.69, 9.17) is 18.6 Å². The van der Waals surface area contributed by atoms with Crippen molar-refractivity contribution in [1.29, 1.82) is 0 Å². The van der Waals surface area contributed by atoms with Crippen molar-refractivity contribution in [3.05, 3.63) is 154 Å². The smallest absolute Gasteiger partial charge is 0.228 e. The van der Waals surface area contributed by atoms with Crippen LogP contribution < -0.4 is 0 Å². The summed E-state index contributed by atoms with van der Waals surface area (Å²) < 4.78 is 22.5. The van der Waals surface area contributed by atoms with Gasteiger partial charge in [0, 0.05) is 66.9 Å². The van der Waals surface area contributed by atoms with Gasteiger partial charge in [0.15, 0.2) is 23.1 Å². The highest BCUT2D eigenvalue weighted by Crippen LogP contribution is 2.53. The normalized spacial score (nSPS) is 18.3. The maximum Gasteiger partial charge on any atom is 0.228 e. The third-order valence-electron chi connectivity index (χ3n) is 15.1. The molecule has 1 aliphatic carbocycles. The van der Waals surface area contributed by atoms with Crippen LogP contribution in [0.5, 0.6) is 0 Å². The third-order valence-corrected chi connectivity index (χ3v) is 15.1. The lowest BCUT2D eigenvalue weighted by Crippen LogP contribution is -2.54. The van der Waals surface area contributed by atoms with Crippen LogP contribution in [0.1, 0.15) is 111 Å². The minimum absolute atomic E-state index is 0.0206. The summed E-state index contributed by atoms with van der Waals surface area (Å²) in [7, 11) is 0. The zero-order chi connectivity index (χ0) is 47.1. The summed E-state index contributed by atoms with van der Waals surface area (Å²) in [5, 5.41) is 0. The molecule has 11 heteroatoms. The van der Waals surface area contributed by atoms with Crippen LogP contribution in [0.15, 0.2) is 108 Å². The summed E-state index contributed by atoms with van der Waals surface area (Å²) in [6.07, 6.45) is 2.48. The van der Waals surface area contributed by atoms with E-state index in [2.05, 4.69) is 26.8 Å².